The molecule has 2 aliphatic rings. The molecule has 140 valence electrons. The van der Waals surface area contributed by atoms with Crippen LogP contribution in [0.4, 0.5) is 5.69 Å². The first-order valence-electron chi connectivity index (χ1n) is 9.65. The Balaban J connectivity index is 1.66. The van der Waals surface area contributed by atoms with Crippen molar-refractivity contribution in [3.05, 3.63) is 65.2 Å². The van der Waals surface area contributed by atoms with Gasteiger partial charge in [0.05, 0.1) is 30.9 Å². The number of rotatable bonds is 4. The van der Waals surface area contributed by atoms with E-state index in [9.17, 15) is 4.79 Å². The fraction of sp³-hybridized carbons (Fsp3) is 0.391. The van der Waals surface area contributed by atoms with Crippen LogP contribution < -0.4 is 4.90 Å². The van der Waals surface area contributed by atoms with Gasteiger partial charge in [-0.05, 0) is 38.0 Å². The van der Waals surface area contributed by atoms with E-state index < -0.39 is 0 Å². The molecule has 0 radical (unpaired) electrons. The largest absolute Gasteiger partial charge is 0.378 e. The van der Waals surface area contributed by atoms with Crippen molar-refractivity contribution >= 4 is 17.2 Å². The average molecular weight is 362 g/mol. The summed E-state index contributed by atoms with van der Waals surface area (Å²) >= 11 is 0. The molecular weight excluding hydrogens is 336 g/mol. The SMILES string of the molecule is CC1(C)Cc2ccc(N3CCOCC3)cc2C(CC(=O)c2ccccc2)=N1. The van der Waals surface area contributed by atoms with E-state index >= 15 is 0 Å². The Hall–Kier alpha value is -2.46. The molecule has 2 aromatic rings. The highest BCUT2D eigenvalue weighted by molar-refractivity contribution is 6.17. The summed E-state index contributed by atoms with van der Waals surface area (Å²) in [7, 11) is 0. The first-order chi connectivity index (χ1) is 13.0. The topological polar surface area (TPSA) is 41.9 Å². The molecule has 0 aliphatic carbocycles. The standard InChI is InChI=1S/C23H26N2O2/c1-23(2)16-18-8-9-19(25-10-12-27-13-11-25)14-20(18)21(24-23)15-22(26)17-6-4-3-5-7-17/h3-9,14H,10-13,15-16H2,1-2H3. The minimum atomic E-state index is -0.181. The van der Waals surface area contributed by atoms with Crippen LogP contribution in [0.5, 0.6) is 0 Å². The van der Waals surface area contributed by atoms with E-state index in [1.54, 1.807) is 0 Å². The minimum absolute atomic E-state index is 0.120. The van der Waals surface area contributed by atoms with Gasteiger partial charge in [-0.3, -0.25) is 9.79 Å². The van der Waals surface area contributed by atoms with Crippen LogP contribution in [0.1, 0.15) is 41.8 Å². The molecule has 0 amide bonds. The lowest BCUT2D eigenvalue weighted by Gasteiger charge is -2.32. The van der Waals surface area contributed by atoms with E-state index in [0.717, 1.165) is 49.6 Å². The third-order valence-electron chi connectivity index (χ3n) is 5.27. The highest BCUT2D eigenvalue weighted by Gasteiger charge is 2.28. The molecule has 4 rings (SSSR count). The van der Waals surface area contributed by atoms with Crippen molar-refractivity contribution in [2.24, 2.45) is 4.99 Å². The van der Waals surface area contributed by atoms with Crippen LogP contribution in [0.2, 0.25) is 0 Å². The smallest absolute Gasteiger partial charge is 0.168 e. The van der Waals surface area contributed by atoms with Gasteiger partial charge in [0.25, 0.3) is 0 Å². The number of Topliss-reactive ketones (excluding diaryl/α,β-unsaturated/α-hetero) is 1. The number of ketones is 1. The quantitative estimate of drug-likeness (QED) is 0.774. The van der Waals surface area contributed by atoms with Gasteiger partial charge in [0.2, 0.25) is 0 Å². The number of nitrogens with zero attached hydrogens (tertiary/aromatic N) is 2. The van der Waals surface area contributed by atoms with Crippen molar-refractivity contribution in [1.82, 2.24) is 0 Å². The molecule has 1 fully saturated rings. The number of hydrogen-bond acceptors (Lipinski definition) is 4. The van der Waals surface area contributed by atoms with Crippen molar-refractivity contribution in [2.75, 3.05) is 31.2 Å². The summed E-state index contributed by atoms with van der Waals surface area (Å²) in [6.07, 6.45) is 1.24. The second-order valence-corrected chi connectivity index (χ2v) is 7.95. The zero-order valence-corrected chi connectivity index (χ0v) is 16.1. The molecule has 1 saturated heterocycles. The highest BCUT2D eigenvalue weighted by Crippen LogP contribution is 2.31. The lowest BCUT2D eigenvalue weighted by molar-refractivity contribution is 0.100. The molecule has 4 nitrogen and oxygen atoms in total. The van der Waals surface area contributed by atoms with Crippen molar-refractivity contribution in [3.63, 3.8) is 0 Å². The monoisotopic (exact) mass is 362 g/mol. The van der Waals surface area contributed by atoms with Crippen LogP contribution in [0.25, 0.3) is 0 Å². The fourth-order valence-corrected chi connectivity index (χ4v) is 3.95. The number of carbonyl (C=O) groups is 1. The first kappa shape index (κ1) is 17.9. The van der Waals surface area contributed by atoms with Gasteiger partial charge in [0.1, 0.15) is 0 Å². The maximum absolute atomic E-state index is 12.8. The van der Waals surface area contributed by atoms with Gasteiger partial charge in [-0.1, -0.05) is 36.4 Å². The van der Waals surface area contributed by atoms with E-state index in [1.165, 1.54) is 11.3 Å². The molecule has 4 heteroatoms. The summed E-state index contributed by atoms with van der Waals surface area (Å²) < 4.78 is 5.47. The number of carbonyl (C=O) groups excluding carboxylic acids is 1. The van der Waals surface area contributed by atoms with Gasteiger partial charge in [0, 0.05) is 29.9 Å². The van der Waals surface area contributed by atoms with Gasteiger partial charge in [-0.25, -0.2) is 0 Å². The molecule has 0 aromatic heterocycles. The number of morpholine rings is 1. The van der Waals surface area contributed by atoms with Crippen LogP contribution in [0.3, 0.4) is 0 Å². The van der Waals surface area contributed by atoms with Crippen LogP contribution in [-0.2, 0) is 11.2 Å². The van der Waals surface area contributed by atoms with E-state index in [4.69, 9.17) is 9.73 Å². The fourth-order valence-electron chi connectivity index (χ4n) is 3.95. The Morgan fingerprint density at radius 2 is 1.85 bits per heavy atom. The molecule has 0 spiro atoms. The molecule has 0 N–H and O–H groups in total. The summed E-state index contributed by atoms with van der Waals surface area (Å²) in [5, 5.41) is 0. The summed E-state index contributed by atoms with van der Waals surface area (Å²) in [5.41, 5.74) is 5.07. The van der Waals surface area contributed by atoms with E-state index in [0.29, 0.717) is 6.42 Å². The van der Waals surface area contributed by atoms with Gasteiger partial charge >= 0.3 is 0 Å². The molecule has 2 heterocycles. The third-order valence-corrected chi connectivity index (χ3v) is 5.27. The van der Waals surface area contributed by atoms with Crippen molar-refractivity contribution in [1.29, 1.82) is 0 Å². The molecular formula is C23H26N2O2. The molecule has 2 aromatic carbocycles. The lowest BCUT2D eigenvalue weighted by atomic mass is 9.85. The number of aliphatic imine (C=N–C) groups is 1. The van der Waals surface area contributed by atoms with E-state index in [2.05, 4.69) is 36.9 Å². The zero-order chi connectivity index (χ0) is 18.9. The van der Waals surface area contributed by atoms with E-state index in [1.807, 2.05) is 30.3 Å². The summed E-state index contributed by atoms with van der Waals surface area (Å²) in [6.45, 7) is 7.60. The summed E-state index contributed by atoms with van der Waals surface area (Å²) in [5.74, 6) is 0.120. The van der Waals surface area contributed by atoms with Crippen LogP contribution in [-0.4, -0.2) is 43.3 Å². The molecule has 0 unspecified atom stereocenters. The van der Waals surface area contributed by atoms with E-state index in [-0.39, 0.29) is 11.3 Å². The van der Waals surface area contributed by atoms with Gasteiger partial charge < -0.3 is 9.64 Å². The Morgan fingerprint density at radius 1 is 1.11 bits per heavy atom. The van der Waals surface area contributed by atoms with Gasteiger partial charge in [-0.2, -0.15) is 0 Å². The second-order valence-electron chi connectivity index (χ2n) is 7.95. The van der Waals surface area contributed by atoms with Gasteiger partial charge in [-0.15, -0.1) is 0 Å². The Labute approximate surface area is 160 Å². The van der Waals surface area contributed by atoms with Crippen molar-refractivity contribution < 1.29 is 9.53 Å². The Morgan fingerprint density at radius 3 is 2.59 bits per heavy atom. The first-order valence-corrected chi connectivity index (χ1v) is 9.65. The predicted octanol–water partition coefficient (Wildman–Crippen LogP) is 3.92. The molecule has 2 aliphatic heterocycles. The van der Waals surface area contributed by atoms with Crippen molar-refractivity contribution in [3.8, 4) is 0 Å². The average Bonchev–Trinajstić information content (AvgIpc) is 2.68. The predicted molar refractivity (Wildman–Crippen MR) is 109 cm³/mol. The number of ether oxygens (including phenoxy) is 1. The minimum Gasteiger partial charge on any atom is -0.378 e. The zero-order valence-electron chi connectivity index (χ0n) is 16.1. The summed E-state index contributed by atoms with van der Waals surface area (Å²) in [4.78, 5) is 20.1. The van der Waals surface area contributed by atoms with Crippen molar-refractivity contribution in [2.45, 2.75) is 32.2 Å². The summed E-state index contributed by atoms with van der Waals surface area (Å²) in [6, 6.07) is 16.1. The number of anilines is 1. The maximum Gasteiger partial charge on any atom is 0.168 e. The molecule has 0 saturated carbocycles. The number of hydrogen-bond donors (Lipinski definition) is 0. The number of benzene rings is 2. The van der Waals surface area contributed by atoms with Gasteiger partial charge in [0.15, 0.2) is 5.78 Å². The van der Waals surface area contributed by atoms with Crippen LogP contribution >= 0.6 is 0 Å². The Kier molecular flexibility index (Phi) is 4.83. The Bertz CT molecular complexity index is 865. The van der Waals surface area contributed by atoms with Crippen LogP contribution in [0, 0.1) is 0 Å². The van der Waals surface area contributed by atoms with Crippen LogP contribution in [0.15, 0.2) is 53.5 Å². The second kappa shape index (κ2) is 7.28. The molecule has 0 bridgehead atoms. The lowest BCUT2D eigenvalue weighted by Crippen LogP contribution is -2.36. The maximum atomic E-state index is 12.8. The molecule has 0 atom stereocenters. The third kappa shape index (κ3) is 3.96. The highest BCUT2D eigenvalue weighted by atomic mass is 16.5. The molecule has 27 heavy (non-hydrogen) atoms. The number of fused-ring (bicyclic) bond motifs is 1. The normalized spacial score (nSPS) is 18.6.